The largest absolute Gasteiger partial charge is 0.462 e. The molecule has 0 rings (SSSR count). The molecule has 0 heterocycles. The van der Waals surface area contributed by atoms with Gasteiger partial charge in [0.25, 0.3) is 0 Å². The maximum absolute atomic E-state index is 12.5. The van der Waals surface area contributed by atoms with Gasteiger partial charge in [-0.2, -0.15) is 0 Å². The standard InChI is InChI=1S/C45H83NO2/c1-5-7-9-11-13-15-17-19-21-23-24-26-28-30-32-34-36-38-41-44(48-45(47)42-39-43-46(3)4)40-37-35-33-31-29-27-25-22-20-18-16-14-12-10-8-6-2/h13-16,19-22,44H,5-12,17-18,23-43H2,1-4H3/b15-13-,16-14-,21-19-,22-20-. The second-order valence-electron chi connectivity index (χ2n) is 14.5. The molecule has 0 aromatic carbocycles. The first kappa shape index (κ1) is 46.4. The summed E-state index contributed by atoms with van der Waals surface area (Å²) in [4.78, 5) is 14.7. The summed E-state index contributed by atoms with van der Waals surface area (Å²) in [5.74, 6) is 0.00982. The van der Waals surface area contributed by atoms with Gasteiger partial charge >= 0.3 is 5.97 Å². The van der Waals surface area contributed by atoms with Crippen LogP contribution in [0.3, 0.4) is 0 Å². The fraction of sp³-hybridized carbons (Fsp3) is 0.800. The molecule has 0 aliphatic carbocycles. The Morgan fingerprint density at radius 1 is 0.479 bits per heavy atom. The van der Waals surface area contributed by atoms with E-state index in [1.165, 1.54) is 154 Å². The van der Waals surface area contributed by atoms with E-state index >= 15 is 0 Å². The Kier molecular flexibility index (Phi) is 38.5. The van der Waals surface area contributed by atoms with E-state index in [1.807, 2.05) is 0 Å². The molecular formula is C45H83NO2. The lowest BCUT2D eigenvalue weighted by atomic mass is 10.0. The van der Waals surface area contributed by atoms with Gasteiger partial charge in [0, 0.05) is 6.42 Å². The normalized spacial score (nSPS) is 12.9. The third-order valence-electron chi connectivity index (χ3n) is 9.24. The Labute approximate surface area is 301 Å². The van der Waals surface area contributed by atoms with E-state index in [4.69, 9.17) is 4.74 Å². The van der Waals surface area contributed by atoms with E-state index in [9.17, 15) is 4.79 Å². The van der Waals surface area contributed by atoms with Crippen molar-refractivity contribution in [3.8, 4) is 0 Å². The van der Waals surface area contributed by atoms with Gasteiger partial charge in [-0.05, 0) is 117 Å². The molecule has 0 aliphatic heterocycles. The molecule has 3 heteroatoms. The van der Waals surface area contributed by atoms with Crippen LogP contribution in [0.15, 0.2) is 48.6 Å². The van der Waals surface area contributed by atoms with Crippen LogP contribution in [-0.4, -0.2) is 37.6 Å². The Morgan fingerprint density at radius 3 is 1.21 bits per heavy atom. The number of rotatable bonds is 37. The number of esters is 1. The molecule has 0 aromatic heterocycles. The number of nitrogens with zero attached hydrogens (tertiary/aromatic N) is 1. The molecule has 0 aliphatic rings. The van der Waals surface area contributed by atoms with Crippen LogP contribution in [0.5, 0.6) is 0 Å². The zero-order valence-electron chi connectivity index (χ0n) is 32.9. The molecule has 1 unspecified atom stereocenters. The van der Waals surface area contributed by atoms with Crippen LogP contribution in [0.4, 0.5) is 0 Å². The first-order chi connectivity index (χ1) is 23.6. The third-order valence-corrected chi connectivity index (χ3v) is 9.24. The van der Waals surface area contributed by atoms with Crippen molar-refractivity contribution >= 4 is 5.97 Å². The zero-order valence-corrected chi connectivity index (χ0v) is 32.9. The van der Waals surface area contributed by atoms with Crippen LogP contribution in [0, 0.1) is 0 Å². The van der Waals surface area contributed by atoms with Crippen molar-refractivity contribution in [3.63, 3.8) is 0 Å². The highest BCUT2D eigenvalue weighted by atomic mass is 16.5. The zero-order chi connectivity index (χ0) is 35.0. The van der Waals surface area contributed by atoms with E-state index in [-0.39, 0.29) is 12.1 Å². The summed E-state index contributed by atoms with van der Waals surface area (Å²) in [6, 6.07) is 0. The highest BCUT2D eigenvalue weighted by Crippen LogP contribution is 2.18. The maximum Gasteiger partial charge on any atom is 0.306 e. The van der Waals surface area contributed by atoms with Crippen molar-refractivity contribution in [2.75, 3.05) is 20.6 Å². The van der Waals surface area contributed by atoms with Gasteiger partial charge in [-0.15, -0.1) is 0 Å². The van der Waals surface area contributed by atoms with Gasteiger partial charge in [0.1, 0.15) is 6.10 Å². The minimum atomic E-state index is 0.00982. The van der Waals surface area contributed by atoms with Gasteiger partial charge in [0.2, 0.25) is 0 Å². The van der Waals surface area contributed by atoms with Crippen LogP contribution >= 0.6 is 0 Å². The summed E-state index contributed by atoms with van der Waals surface area (Å²) in [5, 5.41) is 0. The molecule has 0 fully saturated rings. The summed E-state index contributed by atoms with van der Waals surface area (Å²) in [6.45, 7) is 5.47. The van der Waals surface area contributed by atoms with Crippen LogP contribution < -0.4 is 0 Å². The quantitative estimate of drug-likeness (QED) is 0.0374. The lowest BCUT2D eigenvalue weighted by Gasteiger charge is -2.18. The molecule has 3 nitrogen and oxygen atoms in total. The second-order valence-corrected chi connectivity index (χ2v) is 14.5. The SMILES string of the molecule is CCCCC/C=C\C/C=C\CCCCCCCCCCC(CCCCCCCC/C=C\C/C=C\CCCCC)OC(=O)CCCN(C)C. The number of unbranched alkanes of at least 4 members (excludes halogenated alkanes) is 20. The topological polar surface area (TPSA) is 29.5 Å². The average Bonchev–Trinajstić information content (AvgIpc) is 3.07. The molecule has 48 heavy (non-hydrogen) atoms. The number of carbonyl (C=O) groups is 1. The lowest BCUT2D eigenvalue weighted by molar-refractivity contribution is -0.150. The first-order valence-electron chi connectivity index (χ1n) is 21.0. The molecule has 0 amide bonds. The van der Waals surface area contributed by atoms with E-state index in [0.717, 1.165) is 38.6 Å². The van der Waals surface area contributed by atoms with E-state index in [1.54, 1.807) is 0 Å². The number of hydrogen-bond donors (Lipinski definition) is 0. The predicted molar refractivity (Wildman–Crippen MR) is 215 cm³/mol. The average molecular weight is 670 g/mol. The fourth-order valence-corrected chi connectivity index (χ4v) is 6.12. The van der Waals surface area contributed by atoms with Crippen LogP contribution in [0.1, 0.15) is 206 Å². The molecule has 1 atom stereocenters. The number of carbonyl (C=O) groups excluding carboxylic acids is 1. The van der Waals surface area contributed by atoms with Gasteiger partial charge in [-0.1, -0.05) is 152 Å². The van der Waals surface area contributed by atoms with E-state index in [2.05, 4.69) is 81.5 Å². The van der Waals surface area contributed by atoms with E-state index < -0.39 is 0 Å². The number of ether oxygens (including phenoxy) is 1. The first-order valence-corrected chi connectivity index (χ1v) is 21.0. The summed E-state index contributed by atoms with van der Waals surface area (Å²) < 4.78 is 6.01. The number of allylic oxidation sites excluding steroid dienone is 8. The Bertz CT molecular complexity index is 765. The predicted octanol–water partition coefficient (Wildman–Crippen LogP) is 14.4. The van der Waals surface area contributed by atoms with Gasteiger partial charge in [0.05, 0.1) is 0 Å². The summed E-state index contributed by atoms with van der Waals surface area (Å²) in [7, 11) is 4.13. The maximum atomic E-state index is 12.5. The Morgan fingerprint density at radius 2 is 0.833 bits per heavy atom. The van der Waals surface area contributed by atoms with Gasteiger partial charge in [-0.25, -0.2) is 0 Å². The van der Waals surface area contributed by atoms with Crippen molar-refractivity contribution in [1.82, 2.24) is 4.90 Å². The van der Waals surface area contributed by atoms with Crippen molar-refractivity contribution in [3.05, 3.63) is 48.6 Å². The molecule has 0 N–H and O–H groups in total. The molecule has 0 radical (unpaired) electrons. The van der Waals surface area contributed by atoms with Gasteiger partial charge in [-0.3, -0.25) is 4.79 Å². The van der Waals surface area contributed by atoms with Crippen LogP contribution in [0.25, 0.3) is 0 Å². The minimum absolute atomic E-state index is 0.00982. The lowest BCUT2D eigenvalue weighted by Crippen LogP contribution is -2.20. The van der Waals surface area contributed by atoms with Crippen LogP contribution in [0.2, 0.25) is 0 Å². The third kappa shape index (κ3) is 38.8. The molecule has 0 bridgehead atoms. The smallest absolute Gasteiger partial charge is 0.306 e. The number of hydrogen-bond acceptors (Lipinski definition) is 3. The molecule has 0 saturated heterocycles. The van der Waals surface area contributed by atoms with Crippen molar-refractivity contribution in [1.29, 1.82) is 0 Å². The Hall–Kier alpha value is -1.61. The minimum Gasteiger partial charge on any atom is -0.462 e. The fourth-order valence-electron chi connectivity index (χ4n) is 6.12. The highest BCUT2D eigenvalue weighted by molar-refractivity contribution is 5.69. The molecule has 280 valence electrons. The Balaban J connectivity index is 3.97. The van der Waals surface area contributed by atoms with Crippen LogP contribution in [-0.2, 0) is 9.53 Å². The van der Waals surface area contributed by atoms with Crippen molar-refractivity contribution < 1.29 is 9.53 Å². The monoisotopic (exact) mass is 670 g/mol. The summed E-state index contributed by atoms with van der Waals surface area (Å²) in [5.41, 5.74) is 0. The van der Waals surface area contributed by atoms with E-state index in [0.29, 0.717) is 6.42 Å². The molecule has 0 aromatic rings. The molecular weight excluding hydrogens is 587 g/mol. The summed E-state index contributed by atoms with van der Waals surface area (Å²) >= 11 is 0. The van der Waals surface area contributed by atoms with Crippen molar-refractivity contribution in [2.24, 2.45) is 0 Å². The second kappa shape index (κ2) is 39.8. The molecule has 0 saturated carbocycles. The molecule has 0 spiro atoms. The van der Waals surface area contributed by atoms with Gasteiger partial charge < -0.3 is 9.64 Å². The van der Waals surface area contributed by atoms with Gasteiger partial charge in [0.15, 0.2) is 0 Å². The summed E-state index contributed by atoms with van der Waals surface area (Å²) in [6.07, 6.45) is 55.7. The van der Waals surface area contributed by atoms with Crippen molar-refractivity contribution in [2.45, 2.75) is 213 Å². The highest BCUT2D eigenvalue weighted by Gasteiger charge is 2.14.